The number of hydrogen-bond donors (Lipinski definition) is 2. The fourth-order valence-electron chi connectivity index (χ4n) is 2.73. The molecular weight excluding hydrogens is 471 g/mol. The Kier molecular flexibility index (Phi) is 6.75. The molecule has 0 atom stereocenters. The smallest absolute Gasteiger partial charge is 0.231 e. The van der Waals surface area contributed by atoms with E-state index in [1.54, 1.807) is 13.3 Å². The number of rotatable bonds is 5. The van der Waals surface area contributed by atoms with Crippen LogP contribution in [0.15, 0.2) is 64.2 Å². The van der Waals surface area contributed by atoms with Gasteiger partial charge in [0.05, 0.1) is 12.2 Å². The summed E-state index contributed by atoms with van der Waals surface area (Å²) in [6, 6.07) is 15.7. The van der Waals surface area contributed by atoms with E-state index in [0.29, 0.717) is 24.9 Å². The van der Waals surface area contributed by atoms with Crippen LogP contribution in [0.3, 0.4) is 0 Å². The molecule has 0 radical (unpaired) electrons. The van der Waals surface area contributed by atoms with Crippen molar-refractivity contribution in [2.24, 2.45) is 4.99 Å². The summed E-state index contributed by atoms with van der Waals surface area (Å²) in [4.78, 5) is 8.74. The molecule has 8 heteroatoms. The minimum Gasteiger partial charge on any atom is -0.454 e. The summed E-state index contributed by atoms with van der Waals surface area (Å²) in [5, 5.41) is 6.50. The van der Waals surface area contributed by atoms with Crippen LogP contribution in [-0.4, -0.2) is 24.8 Å². The summed E-state index contributed by atoms with van der Waals surface area (Å²) < 4.78 is 16.3. The summed E-state index contributed by atoms with van der Waals surface area (Å²) in [6.07, 6.45) is 1.65. The van der Waals surface area contributed by atoms with Crippen molar-refractivity contribution >= 4 is 29.9 Å². The molecule has 3 aromatic rings. The standard InChI is InChI=1S/C20H20N4O3.HI/c1-21-20(22-10-14-7-8-17-18(9-14)27-13-26-17)23-11-16-12-25-19(24-16)15-5-3-2-4-6-15;/h2-9,12H,10-11,13H2,1H3,(H2,21,22,23);1H. The molecule has 2 aromatic carbocycles. The molecule has 28 heavy (non-hydrogen) atoms. The fraction of sp³-hybridized carbons (Fsp3) is 0.200. The van der Waals surface area contributed by atoms with Crippen LogP contribution in [0.2, 0.25) is 0 Å². The van der Waals surface area contributed by atoms with Gasteiger partial charge in [-0.1, -0.05) is 24.3 Å². The van der Waals surface area contributed by atoms with E-state index in [-0.39, 0.29) is 30.8 Å². The Morgan fingerprint density at radius 2 is 1.82 bits per heavy atom. The van der Waals surface area contributed by atoms with Gasteiger partial charge in [0.25, 0.3) is 0 Å². The number of oxazole rings is 1. The molecule has 0 unspecified atom stereocenters. The number of fused-ring (bicyclic) bond motifs is 1. The predicted molar refractivity (Wildman–Crippen MR) is 117 cm³/mol. The minimum absolute atomic E-state index is 0. The molecule has 146 valence electrons. The monoisotopic (exact) mass is 492 g/mol. The third-order valence-corrected chi connectivity index (χ3v) is 4.13. The molecule has 0 fully saturated rings. The van der Waals surface area contributed by atoms with Gasteiger partial charge in [-0.05, 0) is 29.8 Å². The van der Waals surface area contributed by atoms with Crippen LogP contribution in [0.5, 0.6) is 11.5 Å². The van der Waals surface area contributed by atoms with Crippen molar-refractivity contribution in [3.63, 3.8) is 0 Å². The molecule has 0 bridgehead atoms. The molecule has 7 nitrogen and oxygen atoms in total. The highest BCUT2D eigenvalue weighted by Crippen LogP contribution is 2.32. The van der Waals surface area contributed by atoms with Gasteiger partial charge in [0.1, 0.15) is 6.26 Å². The molecule has 0 amide bonds. The molecule has 0 saturated heterocycles. The molecule has 1 aliphatic rings. The third-order valence-electron chi connectivity index (χ3n) is 4.13. The van der Waals surface area contributed by atoms with E-state index < -0.39 is 0 Å². The van der Waals surface area contributed by atoms with Gasteiger partial charge in [-0.3, -0.25) is 4.99 Å². The molecule has 0 saturated carbocycles. The SMILES string of the molecule is CN=C(NCc1ccc2c(c1)OCO2)NCc1coc(-c2ccccc2)n1.I. The topological polar surface area (TPSA) is 80.9 Å². The first-order chi connectivity index (χ1) is 13.3. The van der Waals surface area contributed by atoms with Gasteiger partial charge >= 0.3 is 0 Å². The Bertz CT molecular complexity index is 944. The summed E-state index contributed by atoms with van der Waals surface area (Å²) in [5.74, 6) is 2.84. The summed E-state index contributed by atoms with van der Waals surface area (Å²) in [5.41, 5.74) is 2.84. The number of nitrogens with zero attached hydrogens (tertiary/aromatic N) is 2. The number of ether oxygens (including phenoxy) is 2. The van der Waals surface area contributed by atoms with Crippen LogP contribution in [0.1, 0.15) is 11.3 Å². The zero-order chi connectivity index (χ0) is 18.5. The maximum atomic E-state index is 5.55. The lowest BCUT2D eigenvalue weighted by Crippen LogP contribution is -2.36. The van der Waals surface area contributed by atoms with Crippen LogP contribution in [0.25, 0.3) is 11.5 Å². The van der Waals surface area contributed by atoms with Crippen LogP contribution in [0, 0.1) is 0 Å². The first-order valence-electron chi connectivity index (χ1n) is 8.65. The zero-order valence-corrected chi connectivity index (χ0v) is 17.7. The first-order valence-corrected chi connectivity index (χ1v) is 8.65. The Hall–Kier alpha value is -2.75. The van der Waals surface area contributed by atoms with Crippen molar-refractivity contribution in [3.05, 3.63) is 66.1 Å². The lowest BCUT2D eigenvalue weighted by atomic mass is 10.2. The Morgan fingerprint density at radius 3 is 2.64 bits per heavy atom. The normalized spacial score (nSPS) is 12.4. The maximum Gasteiger partial charge on any atom is 0.231 e. The second-order valence-electron chi connectivity index (χ2n) is 5.98. The van der Waals surface area contributed by atoms with Gasteiger partial charge in [0, 0.05) is 19.2 Å². The van der Waals surface area contributed by atoms with Gasteiger partial charge in [0.2, 0.25) is 12.7 Å². The molecule has 0 spiro atoms. The number of aromatic nitrogens is 1. The lowest BCUT2D eigenvalue weighted by Gasteiger charge is -2.11. The Labute approximate surface area is 180 Å². The van der Waals surface area contributed by atoms with E-state index in [4.69, 9.17) is 13.9 Å². The van der Waals surface area contributed by atoms with Crippen LogP contribution < -0.4 is 20.1 Å². The Morgan fingerprint density at radius 1 is 1.04 bits per heavy atom. The van der Waals surface area contributed by atoms with Crippen molar-refractivity contribution in [1.82, 2.24) is 15.6 Å². The summed E-state index contributed by atoms with van der Waals surface area (Å²) >= 11 is 0. The number of nitrogens with one attached hydrogen (secondary N) is 2. The highest BCUT2D eigenvalue weighted by molar-refractivity contribution is 14.0. The van der Waals surface area contributed by atoms with E-state index in [0.717, 1.165) is 28.3 Å². The molecule has 4 rings (SSSR count). The van der Waals surface area contributed by atoms with Gasteiger partial charge in [-0.2, -0.15) is 0 Å². The van der Waals surface area contributed by atoms with Crippen molar-refractivity contribution in [2.75, 3.05) is 13.8 Å². The van der Waals surface area contributed by atoms with Crippen molar-refractivity contribution < 1.29 is 13.9 Å². The van der Waals surface area contributed by atoms with E-state index in [1.165, 1.54) is 0 Å². The summed E-state index contributed by atoms with van der Waals surface area (Å²) in [6.45, 7) is 1.40. The van der Waals surface area contributed by atoms with Gasteiger partial charge in [-0.15, -0.1) is 24.0 Å². The highest BCUT2D eigenvalue weighted by atomic mass is 127. The number of halogens is 1. The van der Waals surface area contributed by atoms with Gasteiger partial charge in [-0.25, -0.2) is 4.98 Å². The summed E-state index contributed by atoms with van der Waals surface area (Å²) in [7, 11) is 1.73. The van der Waals surface area contributed by atoms with Gasteiger partial charge in [0.15, 0.2) is 17.5 Å². The minimum atomic E-state index is 0. The van der Waals surface area contributed by atoms with Crippen LogP contribution in [0.4, 0.5) is 0 Å². The predicted octanol–water partition coefficient (Wildman–Crippen LogP) is 3.55. The lowest BCUT2D eigenvalue weighted by molar-refractivity contribution is 0.174. The van der Waals surface area contributed by atoms with Crippen molar-refractivity contribution in [2.45, 2.75) is 13.1 Å². The number of benzene rings is 2. The van der Waals surface area contributed by atoms with E-state index in [1.807, 2.05) is 48.5 Å². The number of aliphatic imine (C=N–C) groups is 1. The van der Waals surface area contributed by atoms with Crippen LogP contribution >= 0.6 is 24.0 Å². The highest BCUT2D eigenvalue weighted by Gasteiger charge is 2.13. The molecule has 2 heterocycles. The second-order valence-corrected chi connectivity index (χ2v) is 5.98. The molecule has 1 aromatic heterocycles. The first kappa shape index (κ1) is 20.0. The second kappa shape index (κ2) is 9.45. The van der Waals surface area contributed by atoms with Gasteiger partial charge < -0.3 is 24.5 Å². The van der Waals surface area contributed by atoms with E-state index >= 15 is 0 Å². The average Bonchev–Trinajstić information content (AvgIpc) is 3.38. The molecule has 0 aliphatic carbocycles. The maximum absolute atomic E-state index is 5.55. The molecule has 2 N–H and O–H groups in total. The van der Waals surface area contributed by atoms with Crippen LogP contribution in [-0.2, 0) is 13.1 Å². The number of guanidine groups is 1. The van der Waals surface area contributed by atoms with E-state index in [2.05, 4.69) is 20.6 Å². The molecule has 1 aliphatic heterocycles. The third kappa shape index (κ3) is 4.75. The van der Waals surface area contributed by atoms with Crippen molar-refractivity contribution in [3.8, 4) is 23.0 Å². The zero-order valence-electron chi connectivity index (χ0n) is 15.3. The quantitative estimate of drug-likeness (QED) is 0.322. The Balaban J connectivity index is 0.00000225. The van der Waals surface area contributed by atoms with E-state index in [9.17, 15) is 0 Å². The largest absolute Gasteiger partial charge is 0.454 e. The van der Waals surface area contributed by atoms with Crippen molar-refractivity contribution in [1.29, 1.82) is 0 Å². The fourth-order valence-corrected chi connectivity index (χ4v) is 2.73. The average molecular weight is 492 g/mol. The number of hydrogen-bond acceptors (Lipinski definition) is 5. The molecular formula is C20H21IN4O3.